The first-order valence-electron chi connectivity index (χ1n) is 5.78. The van der Waals surface area contributed by atoms with Crippen LogP contribution in [0.3, 0.4) is 0 Å². The minimum absolute atomic E-state index is 0.954. The third kappa shape index (κ3) is 6.08. The zero-order chi connectivity index (χ0) is 13.3. The lowest BCUT2D eigenvalue weighted by atomic mass is 10.4. The van der Waals surface area contributed by atoms with Crippen molar-refractivity contribution in [2.45, 2.75) is 56.4 Å². The quantitative estimate of drug-likeness (QED) is 0.460. The predicted octanol–water partition coefficient (Wildman–Crippen LogP) is 4.64. The molecule has 0 amide bonds. The summed E-state index contributed by atoms with van der Waals surface area (Å²) in [6.07, 6.45) is 1.97. The Balaban J connectivity index is 2.95. The van der Waals surface area contributed by atoms with E-state index in [2.05, 4.69) is 51.2 Å². The molecule has 0 N–H and O–H groups in total. The second-order valence-electron chi connectivity index (χ2n) is 6.07. The van der Waals surface area contributed by atoms with Crippen LogP contribution in [0.4, 0.5) is 0 Å². The van der Waals surface area contributed by atoms with Crippen LogP contribution in [0.2, 0.25) is 39.3 Å². The Morgan fingerprint density at radius 1 is 0.941 bits per heavy atom. The summed E-state index contributed by atoms with van der Waals surface area (Å²) in [5.74, 6) is 0. The Kier molecular flexibility index (Phi) is 4.91. The number of hydrogen-bond acceptors (Lipinski definition) is 4. The minimum Gasteiger partial charge on any atom is -0.231 e. The highest BCUT2D eigenvalue weighted by atomic mass is 32.4. The topological polar surface area (TPSA) is 25.8 Å². The third-order valence-corrected chi connectivity index (χ3v) is 8.72. The van der Waals surface area contributed by atoms with E-state index in [0.717, 1.165) is 5.16 Å². The molecule has 0 saturated carbocycles. The van der Waals surface area contributed by atoms with Crippen molar-refractivity contribution in [3.63, 3.8) is 0 Å². The molecule has 0 aromatic carbocycles. The monoisotopic (exact) mass is 302 g/mol. The van der Waals surface area contributed by atoms with Gasteiger partial charge in [-0.2, -0.15) is 0 Å². The van der Waals surface area contributed by atoms with Crippen LogP contribution in [0.15, 0.2) is 16.4 Å². The molecule has 1 rings (SSSR count). The summed E-state index contributed by atoms with van der Waals surface area (Å²) in [6.45, 7) is 16.1. The van der Waals surface area contributed by atoms with Gasteiger partial charge in [-0.3, -0.25) is 0 Å². The molecule has 0 aliphatic carbocycles. The molecule has 0 fully saturated rings. The molecular formula is C11H22N2S2Si2. The summed E-state index contributed by atoms with van der Waals surface area (Å²) in [4.78, 5) is 9.17. The first-order chi connectivity index (χ1) is 7.57. The third-order valence-electron chi connectivity index (χ3n) is 1.70. The Hall–Kier alpha value is 0.214. The largest absolute Gasteiger partial charge is 0.231 e. The van der Waals surface area contributed by atoms with Gasteiger partial charge < -0.3 is 0 Å². The molecule has 0 radical (unpaired) electrons. The molecule has 17 heavy (non-hydrogen) atoms. The Labute approximate surface area is 115 Å². The van der Waals surface area contributed by atoms with E-state index in [1.807, 2.05) is 28.6 Å². The summed E-state index contributed by atoms with van der Waals surface area (Å²) >= 11 is 3.83. The highest BCUT2D eigenvalue weighted by Gasteiger charge is 2.20. The van der Waals surface area contributed by atoms with Gasteiger partial charge in [-0.1, -0.05) is 39.3 Å². The van der Waals surface area contributed by atoms with Crippen molar-refractivity contribution >= 4 is 36.9 Å². The van der Waals surface area contributed by atoms with Crippen LogP contribution < -0.4 is 0 Å². The number of rotatable bonds is 4. The maximum Gasteiger partial charge on any atom is 0.182 e. The van der Waals surface area contributed by atoms with Crippen LogP contribution in [-0.4, -0.2) is 24.4 Å². The Bertz CT molecular complexity index is 397. The van der Waals surface area contributed by atoms with Gasteiger partial charge in [-0.05, 0) is 12.5 Å². The Morgan fingerprint density at radius 2 is 1.47 bits per heavy atom. The summed E-state index contributed by atoms with van der Waals surface area (Å²) < 4.78 is 0. The second kappa shape index (κ2) is 5.46. The van der Waals surface area contributed by atoms with Crippen LogP contribution in [0.1, 0.15) is 5.56 Å². The van der Waals surface area contributed by atoms with E-state index in [1.165, 1.54) is 10.6 Å². The molecule has 0 bridgehead atoms. The molecule has 1 heterocycles. The van der Waals surface area contributed by atoms with E-state index in [0.29, 0.717) is 0 Å². The number of aromatic nitrogens is 2. The fourth-order valence-corrected chi connectivity index (χ4v) is 7.20. The standard InChI is InChI=1S/C11H22N2S2Si2/c1-9-8-12-11(15-17(5,6)7)13-10(9)14-16(2,3)4/h8H,1-7H3. The summed E-state index contributed by atoms with van der Waals surface area (Å²) in [5.41, 5.74) is 1.21. The fourth-order valence-electron chi connectivity index (χ4n) is 1.13. The lowest BCUT2D eigenvalue weighted by Crippen LogP contribution is -2.16. The molecule has 0 saturated heterocycles. The zero-order valence-corrected chi connectivity index (χ0v) is 15.4. The van der Waals surface area contributed by atoms with E-state index in [-0.39, 0.29) is 0 Å². The van der Waals surface area contributed by atoms with Crippen molar-refractivity contribution in [2.75, 3.05) is 0 Å². The minimum atomic E-state index is -1.20. The van der Waals surface area contributed by atoms with Crippen molar-refractivity contribution < 1.29 is 0 Å². The number of aryl methyl sites for hydroxylation is 1. The van der Waals surface area contributed by atoms with E-state index in [1.54, 1.807) is 0 Å². The molecule has 1 aromatic rings. The van der Waals surface area contributed by atoms with Gasteiger partial charge in [-0.25, -0.2) is 9.97 Å². The average Bonchev–Trinajstić information content (AvgIpc) is 2.05. The molecule has 0 aliphatic heterocycles. The van der Waals surface area contributed by atoms with Gasteiger partial charge in [0.15, 0.2) is 5.16 Å². The van der Waals surface area contributed by atoms with Crippen LogP contribution in [-0.2, 0) is 0 Å². The molecule has 6 heteroatoms. The molecule has 0 unspecified atom stereocenters. The van der Waals surface area contributed by atoms with Gasteiger partial charge in [0.1, 0.15) is 14.4 Å². The lowest BCUT2D eigenvalue weighted by molar-refractivity contribution is 0.874. The molecular weight excluding hydrogens is 280 g/mol. The Morgan fingerprint density at radius 3 is 1.94 bits per heavy atom. The van der Waals surface area contributed by atoms with Crippen molar-refractivity contribution in [3.05, 3.63) is 11.8 Å². The van der Waals surface area contributed by atoms with Crippen LogP contribution in [0, 0.1) is 6.92 Å². The van der Waals surface area contributed by atoms with Crippen molar-refractivity contribution in [1.29, 1.82) is 0 Å². The van der Waals surface area contributed by atoms with Gasteiger partial charge in [0.05, 0.1) is 5.03 Å². The van der Waals surface area contributed by atoms with Gasteiger partial charge in [0.25, 0.3) is 0 Å². The van der Waals surface area contributed by atoms with Crippen LogP contribution in [0.5, 0.6) is 0 Å². The van der Waals surface area contributed by atoms with Gasteiger partial charge in [0, 0.05) is 6.20 Å². The molecule has 96 valence electrons. The van der Waals surface area contributed by atoms with Crippen LogP contribution >= 0.6 is 22.4 Å². The molecule has 0 atom stereocenters. The second-order valence-corrected chi connectivity index (χ2v) is 24.3. The predicted molar refractivity (Wildman–Crippen MR) is 85.2 cm³/mol. The lowest BCUT2D eigenvalue weighted by Gasteiger charge is -2.18. The maximum atomic E-state index is 4.73. The zero-order valence-electron chi connectivity index (χ0n) is 11.8. The van der Waals surface area contributed by atoms with Crippen molar-refractivity contribution in [1.82, 2.24) is 9.97 Å². The summed E-state index contributed by atoms with van der Waals surface area (Å²) in [7, 11) is -2.39. The first-order valence-corrected chi connectivity index (χ1v) is 15.9. The number of nitrogens with zero attached hydrogens (tertiary/aromatic N) is 2. The molecule has 1 aromatic heterocycles. The van der Waals surface area contributed by atoms with E-state index in [9.17, 15) is 0 Å². The van der Waals surface area contributed by atoms with Gasteiger partial charge in [0.2, 0.25) is 0 Å². The molecule has 0 spiro atoms. The SMILES string of the molecule is Cc1cnc(S[Si](C)(C)C)nc1S[Si](C)(C)C. The first kappa shape index (κ1) is 15.3. The average molecular weight is 303 g/mol. The maximum absolute atomic E-state index is 4.73. The normalized spacial score (nSPS) is 12.9. The van der Waals surface area contributed by atoms with E-state index < -0.39 is 14.4 Å². The highest BCUT2D eigenvalue weighted by Crippen LogP contribution is 2.32. The highest BCUT2D eigenvalue weighted by molar-refractivity contribution is 8.29. The molecule has 0 aliphatic rings. The van der Waals surface area contributed by atoms with Crippen LogP contribution in [0.25, 0.3) is 0 Å². The fraction of sp³-hybridized carbons (Fsp3) is 0.636. The van der Waals surface area contributed by atoms with E-state index in [4.69, 9.17) is 4.98 Å². The van der Waals surface area contributed by atoms with Gasteiger partial charge in [-0.15, -0.1) is 22.4 Å². The van der Waals surface area contributed by atoms with E-state index >= 15 is 0 Å². The van der Waals surface area contributed by atoms with Gasteiger partial charge >= 0.3 is 0 Å². The van der Waals surface area contributed by atoms with Crippen molar-refractivity contribution in [3.8, 4) is 0 Å². The summed E-state index contributed by atoms with van der Waals surface area (Å²) in [6, 6.07) is 0. The number of hydrogen-bond donors (Lipinski definition) is 0. The smallest absolute Gasteiger partial charge is 0.182 e. The summed E-state index contributed by atoms with van der Waals surface area (Å²) in [5, 5.41) is 2.13. The molecule has 2 nitrogen and oxygen atoms in total. The van der Waals surface area contributed by atoms with Crippen molar-refractivity contribution in [2.24, 2.45) is 0 Å².